The molecule has 2 saturated heterocycles. The van der Waals surface area contributed by atoms with E-state index in [4.69, 9.17) is 4.74 Å². The van der Waals surface area contributed by atoms with E-state index in [2.05, 4.69) is 5.32 Å². The minimum atomic E-state index is -0.210. The second kappa shape index (κ2) is 6.91. The number of carbonyl (C=O) groups is 1. The van der Waals surface area contributed by atoms with Gasteiger partial charge in [0.05, 0.1) is 6.61 Å². The number of rotatable bonds is 2. The van der Waals surface area contributed by atoms with Crippen molar-refractivity contribution in [2.45, 2.75) is 51.7 Å². The number of ether oxygens (including phenoxy) is 1. The van der Waals surface area contributed by atoms with E-state index in [1.807, 2.05) is 20.9 Å². The lowest BCUT2D eigenvalue weighted by atomic mass is 9.74. The number of hydrogen-bond donors (Lipinski definition) is 1. The van der Waals surface area contributed by atoms with Crippen LogP contribution in [0.4, 0.5) is 0 Å². The molecule has 1 N–H and O–H groups in total. The number of carbonyl (C=O) groups excluding carboxylic acids is 1. The Morgan fingerprint density at radius 3 is 2.42 bits per heavy atom. The van der Waals surface area contributed by atoms with E-state index >= 15 is 0 Å². The largest absolute Gasteiger partial charge is 0.368 e. The van der Waals surface area contributed by atoms with Crippen molar-refractivity contribution in [1.29, 1.82) is 0 Å². The fraction of sp³-hybridized carbons (Fsp3) is 0.929. The summed E-state index contributed by atoms with van der Waals surface area (Å²) in [5, 5.41) is 3.39. The zero-order valence-electron chi connectivity index (χ0n) is 12.3. The van der Waals surface area contributed by atoms with Crippen LogP contribution in [0.25, 0.3) is 0 Å². The first kappa shape index (κ1) is 16.7. The summed E-state index contributed by atoms with van der Waals surface area (Å²) in [4.78, 5) is 14.0. The molecule has 19 heavy (non-hydrogen) atoms. The molecule has 2 fully saturated rings. The molecule has 0 aromatic rings. The van der Waals surface area contributed by atoms with Gasteiger partial charge < -0.3 is 15.0 Å². The second-order valence-corrected chi connectivity index (χ2v) is 6.13. The van der Waals surface area contributed by atoms with Gasteiger partial charge in [-0.25, -0.2) is 0 Å². The smallest absolute Gasteiger partial charge is 0.251 e. The number of halogens is 1. The molecule has 0 saturated carbocycles. The quantitative estimate of drug-likeness (QED) is 0.843. The van der Waals surface area contributed by atoms with Crippen molar-refractivity contribution in [2.24, 2.45) is 5.41 Å². The molecule has 5 heteroatoms. The third-order valence-electron chi connectivity index (χ3n) is 4.59. The highest BCUT2D eigenvalue weighted by molar-refractivity contribution is 5.85. The molecule has 2 heterocycles. The van der Waals surface area contributed by atoms with Gasteiger partial charge in [-0.3, -0.25) is 4.79 Å². The van der Waals surface area contributed by atoms with Crippen molar-refractivity contribution in [3.8, 4) is 0 Å². The predicted octanol–water partition coefficient (Wildman–Crippen LogP) is 1.82. The Labute approximate surface area is 122 Å². The van der Waals surface area contributed by atoms with Crippen molar-refractivity contribution in [3.63, 3.8) is 0 Å². The van der Waals surface area contributed by atoms with Crippen molar-refractivity contribution in [1.82, 2.24) is 10.2 Å². The lowest BCUT2D eigenvalue weighted by molar-refractivity contribution is -0.154. The number of piperidine rings is 1. The molecule has 4 nitrogen and oxygen atoms in total. The van der Waals surface area contributed by atoms with Gasteiger partial charge in [0, 0.05) is 13.1 Å². The molecule has 0 bridgehead atoms. The van der Waals surface area contributed by atoms with E-state index in [1.165, 1.54) is 12.8 Å². The molecular weight excluding hydrogens is 264 g/mol. The van der Waals surface area contributed by atoms with Gasteiger partial charge in [-0.1, -0.05) is 0 Å². The number of likely N-dealkylation sites (N-methyl/N-ethyl adjacent to an activating group) is 1. The van der Waals surface area contributed by atoms with Gasteiger partial charge in [0.1, 0.15) is 6.10 Å². The Morgan fingerprint density at radius 1 is 1.32 bits per heavy atom. The van der Waals surface area contributed by atoms with Crippen LogP contribution in [0.2, 0.25) is 0 Å². The van der Waals surface area contributed by atoms with Crippen LogP contribution in [0.15, 0.2) is 0 Å². The van der Waals surface area contributed by atoms with E-state index in [0.717, 1.165) is 32.5 Å². The third kappa shape index (κ3) is 3.83. The van der Waals surface area contributed by atoms with Gasteiger partial charge in [0.2, 0.25) is 0 Å². The Kier molecular flexibility index (Phi) is 6.09. The SMILES string of the molecule is CC(C)N(C)C(=O)C1CCC2(CCNCC2)CO1.Cl. The highest BCUT2D eigenvalue weighted by Gasteiger charge is 2.39. The van der Waals surface area contributed by atoms with Crippen molar-refractivity contribution < 1.29 is 9.53 Å². The van der Waals surface area contributed by atoms with Gasteiger partial charge in [-0.05, 0) is 58.0 Å². The summed E-state index contributed by atoms with van der Waals surface area (Å²) >= 11 is 0. The molecule has 1 unspecified atom stereocenters. The normalized spacial score (nSPS) is 26.0. The minimum absolute atomic E-state index is 0. The van der Waals surface area contributed by atoms with Crippen LogP contribution < -0.4 is 5.32 Å². The molecule has 0 aromatic heterocycles. The molecule has 0 aliphatic carbocycles. The van der Waals surface area contributed by atoms with Crippen LogP contribution >= 0.6 is 12.4 Å². The van der Waals surface area contributed by atoms with Crippen molar-refractivity contribution >= 4 is 18.3 Å². The maximum absolute atomic E-state index is 12.2. The lowest BCUT2D eigenvalue weighted by Crippen LogP contribution is -2.49. The standard InChI is InChI=1S/C14H26N2O2.ClH/c1-11(2)16(3)13(17)12-4-5-14(10-18-12)6-8-15-9-7-14;/h11-12,15H,4-10H2,1-3H3;1H. The second-order valence-electron chi connectivity index (χ2n) is 6.13. The van der Waals surface area contributed by atoms with E-state index in [1.54, 1.807) is 4.90 Å². The van der Waals surface area contributed by atoms with Crippen molar-refractivity contribution in [2.75, 3.05) is 26.7 Å². The highest BCUT2D eigenvalue weighted by Crippen LogP contribution is 2.39. The molecule has 0 aromatic carbocycles. The third-order valence-corrected chi connectivity index (χ3v) is 4.59. The first-order chi connectivity index (χ1) is 8.54. The van der Waals surface area contributed by atoms with Crippen molar-refractivity contribution in [3.05, 3.63) is 0 Å². The van der Waals surface area contributed by atoms with E-state index in [9.17, 15) is 4.79 Å². The van der Waals surface area contributed by atoms with E-state index in [0.29, 0.717) is 5.41 Å². The topological polar surface area (TPSA) is 41.6 Å². The Bertz CT molecular complexity index is 294. The van der Waals surface area contributed by atoms with Gasteiger partial charge in [0.25, 0.3) is 5.91 Å². The lowest BCUT2D eigenvalue weighted by Gasteiger charge is -2.43. The molecular formula is C14H27ClN2O2. The average Bonchev–Trinajstić information content (AvgIpc) is 2.39. The Balaban J connectivity index is 0.00000180. The maximum Gasteiger partial charge on any atom is 0.251 e. The fourth-order valence-electron chi connectivity index (χ4n) is 2.90. The number of amides is 1. The first-order valence-corrected chi connectivity index (χ1v) is 7.13. The first-order valence-electron chi connectivity index (χ1n) is 7.13. The van der Waals surface area contributed by atoms with Crippen LogP contribution in [-0.4, -0.2) is 49.7 Å². The molecule has 2 rings (SSSR count). The summed E-state index contributed by atoms with van der Waals surface area (Å²) < 4.78 is 5.89. The van der Waals surface area contributed by atoms with Crippen LogP contribution in [0.3, 0.4) is 0 Å². The summed E-state index contributed by atoms with van der Waals surface area (Å²) in [6.45, 7) is 7.02. The fourth-order valence-corrected chi connectivity index (χ4v) is 2.90. The average molecular weight is 291 g/mol. The molecule has 2 aliphatic heterocycles. The van der Waals surface area contributed by atoms with Crippen LogP contribution in [0, 0.1) is 5.41 Å². The number of nitrogens with one attached hydrogen (secondary N) is 1. The zero-order valence-corrected chi connectivity index (χ0v) is 13.1. The molecule has 112 valence electrons. The zero-order chi connectivity index (χ0) is 13.2. The van der Waals surface area contributed by atoms with Crippen LogP contribution in [0.1, 0.15) is 39.5 Å². The summed E-state index contributed by atoms with van der Waals surface area (Å²) in [5.41, 5.74) is 0.346. The Hall–Kier alpha value is -0.320. The van der Waals surface area contributed by atoms with E-state index in [-0.39, 0.29) is 30.5 Å². The van der Waals surface area contributed by atoms with E-state index < -0.39 is 0 Å². The van der Waals surface area contributed by atoms with Gasteiger partial charge >= 0.3 is 0 Å². The van der Waals surface area contributed by atoms with Crippen LogP contribution in [-0.2, 0) is 9.53 Å². The number of nitrogens with zero attached hydrogens (tertiary/aromatic N) is 1. The predicted molar refractivity (Wildman–Crippen MR) is 78.7 cm³/mol. The van der Waals surface area contributed by atoms with Gasteiger partial charge in [-0.15, -0.1) is 12.4 Å². The summed E-state index contributed by atoms with van der Waals surface area (Å²) in [6.07, 6.45) is 4.19. The number of hydrogen-bond acceptors (Lipinski definition) is 3. The Morgan fingerprint density at radius 2 is 1.95 bits per heavy atom. The molecule has 1 spiro atoms. The molecule has 0 radical (unpaired) electrons. The molecule has 1 atom stereocenters. The van der Waals surface area contributed by atoms with Crippen LogP contribution in [0.5, 0.6) is 0 Å². The minimum Gasteiger partial charge on any atom is -0.368 e. The summed E-state index contributed by atoms with van der Waals surface area (Å²) in [6, 6.07) is 0.246. The summed E-state index contributed by atoms with van der Waals surface area (Å²) in [7, 11) is 1.87. The highest BCUT2D eigenvalue weighted by atomic mass is 35.5. The maximum atomic E-state index is 12.2. The molecule has 2 aliphatic rings. The van der Waals surface area contributed by atoms with Gasteiger partial charge in [-0.2, -0.15) is 0 Å². The summed E-state index contributed by atoms with van der Waals surface area (Å²) in [5.74, 6) is 0.147. The monoisotopic (exact) mass is 290 g/mol. The molecule has 1 amide bonds. The van der Waals surface area contributed by atoms with Gasteiger partial charge in [0.15, 0.2) is 0 Å².